The van der Waals surface area contributed by atoms with Crippen molar-refractivity contribution in [2.24, 2.45) is 0 Å². The van der Waals surface area contributed by atoms with Gasteiger partial charge in [0.15, 0.2) is 5.78 Å². The van der Waals surface area contributed by atoms with Gasteiger partial charge < -0.3 is 0 Å². The Hall–Kier alpha value is -0.960. The first-order valence-electron chi connectivity index (χ1n) is 3.88. The van der Waals surface area contributed by atoms with Crippen LogP contribution < -0.4 is 0 Å². The van der Waals surface area contributed by atoms with E-state index in [1.165, 1.54) is 13.8 Å². The molecule has 0 rings (SSSR count). The lowest BCUT2D eigenvalue weighted by molar-refractivity contribution is -0.819. The zero-order valence-electron chi connectivity index (χ0n) is 7.96. The van der Waals surface area contributed by atoms with E-state index in [1.807, 2.05) is 0 Å². The maximum Gasteiger partial charge on any atom is 0.311 e. The standard InChI is InChI=1S/C9H16NO2/c1-5-6-10(4,9(3)12)7-8(2)11/h5H,1,6-7H2,2-4H3/q+1. The van der Waals surface area contributed by atoms with Gasteiger partial charge in [-0.15, -0.1) is 0 Å². The van der Waals surface area contributed by atoms with Crippen molar-refractivity contribution < 1.29 is 14.1 Å². The van der Waals surface area contributed by atoms with E-state index in [4.69, 9.17) is 0 Å². The molecule has 0 N–H and O–H groups in total. The van der Waals surface area contributed by atoms with Gasteiger partial charge in [-0.1, -0.05) is 6.58 Å². The Morgan fingerprint density at radius 3 is 2.17 bits per heavy atom. The van der Waals surface area contributed by atoms with Gasteiger partial charge in [0.2, 0.25) is 0 Å². The Kier molecular flexibility index (Phi) is 3.83. The molecule has 0 aliphatic carbocycles. The van der Waals surface area contributed by atoms with E-state index >= 15 is 0 Å². The molecule has 12 heavy (non-hydrogen) atoms. The minimum Gasteiger partial charge on any atom is -0.294 e. The number of nitrogens with zero attached hydrogens (tertiary/aromatic N) is 1. The monoisotopic (exact) mass is 170 g/mol. The van der Waals surface area contributed by atoms with Gasteiger partial charge in [-0.3, -0.25) is 9.28 Å². The van der Waals surface area contributed by atoms with Gasteiger partial charge in [0.25, 0.3) is 0 Å². The third-order valence-electron chi connectivity index (χ3n) is 1.86. The summed E-state index contributed by atoms with van der Waals surface area (Å²) < 4.78 is 0.124. The first-order chi connectivity index (χ1) is 5.42. The van der Waals surface area contributed by atoms with Crippen LogP contribution in [-0.4, -0.2) is 36.3 Å². The third kappa shape index (κ3) is 2.96. The number of quaternary nitrogens is 1. The molecule has 0 aromatic rings. The summed E-state index contributed by atoms with van der Waals surface area (Å²) in [6.07, 6.45) is 1.66. The molecule has 1 amide bonds. The Morgan fingerprint density at radius 2 is 1.92 bits per heavy atom. The lowest BCUT2D eigenvalue weighted by atomic mass is 10.3. The molecule has 0 aromatic heterocycles. The number of carbonyl (C=O) groups is 2. The van der Waals surface area contributed by atoms with Crippen LogP contribution in [0.5, 0.6) is 0 Å². The average Bonchev–Trinajstić information content (AvgIpc) is 1.85. The van der Waals surface area contributed by atoms with Crippen LogP contribution in [0.1, 0.15) is 13.8 Å². The molecule has 3 heteroatoms. The quantitative estimate of drug-likeness (QED) is 0.461. The van der Waals surface area contributed by atoms with E-state index in [2.05, 4.69) is 6.58 Å². The highest BCUT2D eigenvalue weighted by atomic mass is 16.2. The molecule has 0 radical (unpaired) electrons. The van der Waals surface area contributed by atoms with Gasteiger partial charge in [0, 0.05) is 6.92 Å². The summed E-state index contributed by atoms with van der Waals surface area (Å²) >= 11 is 0. The van der Waals surface area contributed by atoms with Gasteiger partial charge in [-0.05, 0) is 6.08 Å². The highest BCUT2D eigenvalue weighted by molar-refractivity contribution is 5.79. The Bertz CT molecular complexity index is 211. The lowest BCUT2D eigenvalue weighted by Gasteiger charge is -2.27. The van der Waals surface area contributed by atoms with Crippen molar-refractivity contribution in [3.05, 3.63) is 12.7 Å². The number of amides is 1. The van der Waals surface area contributed by atoms with Crippen LogP contribution in [0.4, 0.5) is 0 Å². The number of likely N-dealkylation sites (N-methyl/N-ethyl adjacent to an activating group) is 1. The van der Waals surface area contributed by atoms with Crippen molar-refractivity contribution in [3.8, 4) is 0 Å². The fraction of sp³-hybridized carbons (Fsp3) is 0.556. The van der Waals surface area contributed by atoms with E-state index in [-0.39, 0.29) is 22.7 Å². The van der Waals surface area contributed by atoms with Crippen LogP contribution >= 0.6 is 0 Å². The molecule has 0 saturated heterocycles. The maximum absolute atomic E-state index is 11.2. The summed E-state index contributed by atoms with van der Waals surface area (Å²) in [5, 5.41) is 0. The summed E-state index contributed by atoms with van der Waals surface area (Å²) in [6.45, 7) is 7.30. The molecule has 1 unspecified atom stereocenters. The smallest absolute Gasteiger partial charge is 0.294 e. The van der Waals surface area contributed by atoms with Gasteiger partial charge >= 0.3 is 5.91 Å². The summed E-state index contributed by atoms with van der Waals surface area (Å²) in [5.74, 6) is 0.0136. The van der Waals surface area contributed by atoms with Crippen molar-refractivity contribution in [1.82, 2.24) is 0 Å². The number of ketones is 1. The van der Waals surface area contributed by atoms with E-state index in [9.17, 15) is 9.59 Å². The van der Waals surface area contributed by atoms with Crippen LogP contribution in [-0.2, 0) is 9.59 Å². The first kappa shape index (κ1) is 11.0. The normalized spacial score (nSPS) is 14.9. The SMILES string of the molecule is C=CC[N+](C)(CC(C)=O)C(C)=O. The van der Waals surface area contributed by atoms with Crippen molar-refractivity contribution in [2.45, 2.75) is 13.8 Å². The number of Topliss-reactive ketones (excluding diaryl/α,β-unsaturated/α-hetero) is 1. The predicted octanol–water partition coefficient (Wildman–Crippen LogP) is 0.754. The molecule has 0 saturated carbocycles. The number of rotatable bonds is 4. The van der Waals surface area contributed by atoms with Crippen LogP contribution in [0.15, 0.2) is 12.7 Å². The molecule has 68 valence electrons. The molecule has 0 aliphatic rings. The second-order valence-corrected chi connectivity index (χ2v) is 3.25. The fourth-order valence-electron chi connectivity index (χ4n) is 1.08. The predicted molar refractivity (Wildman–Crippen MR) is 47.5 cm³/mol. The topological polar surface area (TPSA) is 34.1 Å². The van der Waals surface area contributed by atoms with Gasteiger partial charge in [0.1, 0.15) is 13.1 Å². The van der Waals surface area contributed by atoms with Crippen molar-refractivity contribution in [3.63, 3.8) is 0 Å². The number of hydrogen-bond donors (Lipinski definition) is 0. The van der Waals surface area contributed by atoms with Crippen molar-refractivity contribution in [2.75, 3.05) is 20.1 Å². The van der Waals surface area contributed by atoms with Crippen LogP contribution in [0.2, 0.25) is 0 Å². The Morgan fingerprint density at radius 1 is 1.42 bits per heavy atom. The van der Waals surface area contributed by atoms with E-state index in [0.29, 0.717) is 6.54 Å². The summed E-state index contributed by atoms with van der Waals surface area (Å²) in [7, 11) is 1.74. The average molecular weight is 170 g/mol. The van der Waals surface area contributed by atoms with Gasteiger partial charge in [-0.25, -0.2) is 4.79 Å². The maximum atomic E-state index is 11.2. The van der Waals surface area contributed by atoms with Gasteiger partial charge in [-0.2, -0.15) is 0 Å². The minimum absolute atomic E-state index is 0.00917. The molecule has 0 aromatic carbocycles. The van der Waals surface area contributed by atoms with E-state index < -0.39 is 0 Å². The summed E-state index contributed by atoms with van der Waals surface area (Å²) in [5.41, 5.74) is 0. The minimum atomic E-state index is -0.00917. The zero-order valence-corrected chi connectivity index (χ0v) is 7.96. The molecule has 0 spiro atoms. The Labute approximate surface area is 73.3 Å². The second-order valence-electron chi connectivity index (χ2n) is 3.25. The second kappa shape index (κ2) is 4.16. The Balaban J connectivity index is 4.49. The number of hydrogen-bond acceptors (Lipinski definition) is 2. The summed E-state index contributed by atoms with van der Waals surface area (Å²) in [6, 6.07) is 0. The molecule has 3 nitrogen and oxygen atoms in total. The number of carbonyl (C=O) groups excluding carboxylic acids is 2. The zero-order chi connectivity index (χ0) is 9.78. The molecular formula is C9H16NO2+. The highest BCUT2D eigenvalue weighted by Gasteiger charge is 2.27. The van der Waals surface area contributed by atoms with Crippen LogP contribution in [0, 0.1) is 0 Å². The lowest BCUT2D eigenvalue weighted by Crippen LogP contribution is -2.50. The third-order valence-corrected chi connectivity index (χ3v) is 1.86. The largest absolute Gasteiger partial charge is 0.311 e. The van der Waals surface area contributed by atoms with Crippen LogP contribution in [0.25, 0.3) is 0 Å². The molecular weight excluding hydrogens is 154 g/mol. The first-order valence-corrected chi connectivity index (χ1v) is 3.88. The van der Waals surface area contributed by atoms with Gasteiger partial charge in [0.05, 0.1) is 14.0 Å². The van der Waals surface area contributed by atoms with E-state index in [0.717, 1.165) is 0 Å². The van der Waals surface area contributed by atoms with Crippen LogP contribution in [0.3, 0.4) is 0 Å². The van der Waals surface area contributed by atoms with E-state index in [1.54, 1.807) is 13.1 Å². The summed E-state index contributed by atoms with van der Waals surface area (Å²) in [4.78, 5) is 22.0. The molecule has 0 bridgehead atoms. The fourth-order valence-corrected chi connectivity index (χ4v) is 1.08. The molecule has 0 aliphatic heterocycles. The molecule has 0 fully saturated rings. The molecule has 1 atom stereocenters. The molecule has 0 heterocycles. The highest BCUT2D eigenvalue weighted by Crippen LogP contribution is 2.03. The van der Waals surface area contributed by atoms with Crippen molar-refractivity contribution in [1.29, 1.82) is 0 Å². The van der Waals surface area contributed by atoms with Crippen molar-refractivity contribution >= 4 is 11.7 Å².